The lowest BCUT2D eigenvalue weighted by Gasteiger charge is -2.12. The summed E-state index contributed by atoms with van der Waals surface area (Å²) >= 11 is 0. The van der Waals surface area contributed by atoms with E-state index in [-0.39, 0.29) is 17.8 Å². The predicted octanol–water partition coefficient (Wildman–Crippen LogP) is 4.58. The van der Waals surface area contributed by atoms with Crippen molar-refractivity contribution < 1.29 is 18.7 Å². The van der Waals surface area contributed by atoms with Crippen molar-refractivity contribution in [1.82, 2.24) is 15.1 Å². The maximum Gasteiger partial charge on any atom is 0.226 e. The molecule has 0 aliphatic rings. The molecule has 1 amide bonds. The number of hydrogen-bond donors (Lipinski definition) is 1. The van der Waals surface area contributed by atoms with E-state index in [2.05, 4.69) is 10.4 Å². The molecule has 7 heteroatoms. The number of carbonyl (C=O) groups excluding carboxylic acids is 1. The second kappa shape index (κ2) is 9.43. The lowest BCUT2D eigenvalue weighted by Crippen LogP contribution is -2.30. The average molecular weight is 411 g/mol. The number of amides is 1. The molecule has 0 aliphatic carbocycles. The highest BCUT2D eigenvalue weighted by atomic mass is 19.1. The largest absolute Gasteiger partial charge is 0.497 e. The molecule has 3 rings (SSSR count). The Morgan fingerprint density at radius 3 is 2.33 bits per heavy atom. The van der Waals surface area contributed by atoms with Gasteiger partial charge in [-0.3, -0.25) is 4.79 Å². The smallest absolute Gasteiger partial charge is 0.226 e. The number of hydrogen-bond acceptors (Lipinski definition) is 4. The SMILES string of the molecule is COc1ccc(Oc2c(CCC(=O)NC(C)C)c(C)nn2-c2ccc(F)cc2)cc1. The number of aromatic nitrogens is 2. The first kappa shape index (κ1) is 21.4. The van der Waals surface area contributed by atoms with Crippen LogP contribution in [0.25, 0.3) is 5.69 Å². The molecule has 3 aromatic rings. The summed E-state index contributed by atoms with van der Waals surface area (Å²) in [7, 11) is 1.60. The van der Waals surface area contributed by atoms with E-state index in [9.17, 15) is 9.18 Å². The fourth-order valence-corrected chi connectivity index (χ4v) is 3.08. The van der Waals surface area contributed by atoms with Gasteiger partial charge in [-0.15, -0.1) is 0 Å². The first-order chi connectivity index (χ1) is 14.4. The maximum absolute atomic E-state index is 13.4. The second-order valence-corrected chi connectivity index (χ2v) is 7.26. The van der Waals surface area contributed by atoms with E-state index in [0.717, 1.165) is 17.0 Å². The minimum atomic E-state index is -0.328. The van der Waals surface area contributed by atoms with Crippen LogP contribution >= 0.6 is 0 Å². The summed E-state index contributed by atoms with van der Waals surface area (Å²) in [5.74, 6) is 1.46. The molecule has 0 fully saturated rings. The van der Waals surface area contributed by atoms with Gasteiger partial charge >= 0.3 is 0 Å². The average Bonchev–Trinajstić information content (AvgIpc) is 3.02. The van der Waals surface area contributed by atoms with Crippen molar-refractivity contribution in [3.63, 3.8) is 0 Å². The van der Waals surface area contributed by atoms with Crippen molar-refractivity contribution in [3.8, 4) is 23.1 Å². The molecule has 1 heterocycles. The van der Waals surface area contributed by atoms with Crippen LogP contribution in [-0.4, -0.2) is 28.8 Å². The summed E-state index contributed by atoms with van der Waals surface area (Å²) in [5.41, 5.74) is 2.25. The summed E-state index contributed by atoms with van der Waals surface area (Å²) in [5, 5.41) is 7.49. The minimum absolute atomic E-state index is 0.0330. The Morgan fingerprint density at radius 1 is 1.10 bits per heavy atom. The quantitative estimate of drug-likeness (QED) is 0.589. The molecule has 0 saturated carbocycles. The zero-order valence-corrected chi connectivity index (χ0v) is 17.6. The number of benzene rings is 2. The van der Waals surface area contributed by atoms with Gasteiger partial charge in [-0.1, -0.05) is 0 Å². The first-order valence-electron chi connectivity index (χ1n) is 9.83. The zero-order valence-electron chi connectivity index (χ0n) is 17.6. The van der Waals surface area contributed by atoms with Crippen LogP contribution in [0.15, 0.2) is 48.5 Å². The van der Waals surface area contributed by atoms with E-state index in [1.807, 2.05) is 20.8 Å². The molecule has 0 atom stereocenters. The third kappa shape index (κ3) is 5.17. The number of ether oxygens (including phenoxy) is 2. The fraction of sp³-hybridized carbons (Fsp3) is 0.304. The zero-order chi connectivity index (χ0) is 21.7. The van der Waals surface area contributed by atoms with Crippen LogP contribution in [0, 0.1) is 12.7 Å². The predicted molar refractivity (Wildman–Crippen MR) is 113 cm³/mol. The van der Waals surface area contributed by atoms with Gasteiger partial charge in [-0.05, 0) is 75.7 Å². The van der Waals surface area contributed by atoms with E-state index in [1.165, 1.54) is 12.1 Å². The van der Waals surface area contributed by atoms with E-state index in [4.69, 9.17) is 9.47 Å². The third-order valence-corrected chi connectivity index (χ3v) is 4.53. The molecule has 0 aliphatic heterocycles. The molecule has 1 aromatic heterocycles. The van der Waals surface area contributed by atoms with E-state index in [1.54, 1.807) is 48.2 Å². The van der Waals surface area contributed by atoms with Gasteiger partial charge in [-0.25, -0.2) is 9.07 Å². The van der Waals surface area contributed by atoms with Crippen molar-refractivity contribution in [2.45, 2.75) is 39.7 Å². The first-order valence-corrected chi connectivity index (χ1v) is 9.83. The summed E-state index contributed by atoms with van der Waals surface area (Å²) in [6.07, 6.45) is 0.782. The maximum atomic E-state index is 13.4. The monoisotopic (exact) mass is 411 g/mol. The van der Waals surface area contributed by atoms with Crippen LogP contribution in [0.2, 0.25) is 0 Å². The number of carbonyl (C=O) groups is 1. The van der Waals surface area contributed by atoms with Crippen molar-refractivity contribution in [2.24, 2.45) is 0 Å². The highest BCUT2D eigenvalue weighted by Crippen LogP contribution is 2.32. The van der Waals surface area contributed by atoms with Crippen LogP contribution in [0.1, 0.15) is 31.5 Å². The van der Waals surface area contributed by atoms with Crippen molar-refractivity contribution >= 4 is 5.91 Å². The van der Waals surface area contributed by atoms with Gasteiger partial charge < -0.3 is 14.8 Å². The standard InChI is InChI=1S/C23H26FN3O3/c1-15(2)25-22(28)14-13-21-16(3)26-27(18-7-5-17(24)6-8-18)23(21)30-20-11-9-19(29-4)10-12-20/h5-12,15H,13-14H2,1-4H3,(H,25,28). The van der Waals surface area contributed by atoms with Gasteiger partial charge in [0.25, 0.3) is 0 Å². The summed E-state index contributed by atoms with van der Waals surface area (Å²) in [6, 6.07) is 13.3. The molecule has 2 aromatic carbocycles. The second-order valence-electron chi connectivity index (χ2n) is 7.26. The van der Waals surface area contributed by atoms with E-state index in [0.29, 0.717) is 30.2 Å². The van der Waals surface area contributed by atoms with Gasteiger partial charge in [0.1, 0.15) is 17.3 Å². The molecule has 158 valence electrons. The topological polar surface area (TPSA) is 65.4 Å². The number of nitrogens with zero attached hydrogens (tertiary/aromatic N) is 2. The molecule has 30 heavy (non-hydrogen) atoms. The minimum Gasteiger partial charge on any atom is -0.497 e. The Balaban J connectivity index is 1.95. The van der Waals surface area contributed by atoms with Crippen molar-refractivity contribution in [1.29, 1.82) is 0 Å². The summed E-state index contributed by atoms with van der Waals surface area (Å²) in [6.45, 7) is 5.72. The Labute approximate surface area is 175 Å². The van der Waals surface area contributed by atoms with Crippen molar-refractivity contribution in [3.05, 3.63) is 65.6 Å². The molecule has 0 radical (unpaired) electrons. The van der Waals surface area contributed by atoms with Crippen LogP contribution in [-0.2, 0) is 11.2 Å². The van der Waals surface area contributed by atoms with Crippen LogP contribution in [0.4, 0.5) is 4.39 Å². The van der Waals surface area contributed by atoms with Crippen LogP contribution in [0.3, 0.4) is 0 Å². The van der Waals surface area contributed by atoms with Gasteiger partial charge in [0.05, 0.1) is 18.5 Å². The van der Waals surface area contributed by atoms with E-state index < -0.39 is 0 Å². The number of halogens is 1. The number of aryl methyl sites for hydroxylation is 1. The van der Waals surface area contributed by atoms with Crippen molar-refractivity contribution in [2.75, 3.05) is 7.11 Å². The molecule has 0 saturated heterocycles. The lowest BCUT2D eigenvalue weighted by molar-refractivity contribution is -0.121. The fourth-order valence-electron chi connectivity index (χ4n) is 3.08. The highest BCUT2D eigenvalue weighted by molar-refractivity contribution is 5.76. The Bertz CT molecular complexity index is 996. The molecule has 1 N–H and O–H groups in total. The molecule has 0 spiro atoms. The Kier molecular flexibility index (Phi) is 6.72. The number of nitrogens with one attached hydrogen (secondary N) is 1. The van der Waals surface area contributed by atoms with Gasteiger partial charge in [0.2, 0.25) is 11.8 Å². The summed E-state index contributed by atoms with van der Waals surface area (Å²) in [4.78, 5) is 12.2. The van der Waals surface area contributed by atoms with Crippen LogP contribution < -0.4 is 14.8 Å². The Morgan fingerprint density at radius 2 is 1.73 bits per heavy atom. The molecular weight excluding hydrogens is 385 g/mol. The lowest BCUT2D eigenvalue weighted by atomic mass is 10.1. The van der Waals surface area contributed by atoms with Crippen LogP contribution in [0.5, 0.6) is 17.4 Å². The third-order valence-electron chi connectivity index (χ3n) is 4.53. The Hall–Kier alpha value is -3.35. The van der Waals surface area contributed by atoms with Gasteiger partial charge in [-0.2, -0.15) is 5.10 Å². The molecule has 0 bridgehead atoms. The molecule has 0 unspecified atom stereocenters. The number of methoxy groups -OCH3 is 1. The normalized spacial score (nSPS) is 10.9. The highest BCUT2D eigenvalue weighted by Gasteiger charge is 2.20. The summed E-state index contributed by atoms with van der Waals surface area (Å²) < 4.78 is 26.4. The van der Waals surface area contributed by atoms with E-state index >= 15 is 0 Å². The number of rotatable bonds is 8. The van der Waals surface area contributed by atoms with Gasteiger partial charge in [0.15, 0.2) is 0 Å². The molecule has 6 nitrogen and oxygen atoms in total. The van der Waals surface area contributed by atoms with Gasteiger partial charge in [0, 0.05) is 18.0 Å². The molecular formula is C23H26FN3O3.